The van der Waals surface area contributed by atoms with E-state index in [1.807, 2.05) is 30.3 Å². The Bertz CT molecular complexity index is 992. The molecular weight excluding hydrogens is 408 g/mol. The zero-order chi connectivity index (χ0) is 22.5. The molecule has 1 N–H and O–H groups in total. The summed E-state index contributed by atoms with van der Waals surface area (Å²) >= 11 is 0. The fraction of sp³-hybridized carbons (Fsp3) is 0.417. The maximum absolute atomic E-state index is 12.8. The van der Waals surface area contributed by atoms with Gasteiger partial charge in [-0.3, -0.25) is 9.59 Å². The molecule has 8 nitrogen and oxygen atoms in total. The molecule has 1 saturated carbocycles. The van der Waals surface area contributed by atoms with E-state index in [2.05, 4.69) is 10.3 Å². The predicted octanol–water partition coefficient (Wildman–Crippen LogP) is 2.82. The molecular formula is C24H26N4O4. The molecule has 8 heteroatoms. The first-order chi connectivity index (χ1) is 15.6. The van der Waals surface area contributed by atoms with E-state index in [9.17, 15) is 9.59 Å². The Morgan fingerprint density at radius 3 is 2.53 bits per heavy atom. The molecule has 1 saturated heterocycles. The number of nitrogens with zero attached hydrogens (tertiary/aromatic N) is 3. The maximum Gasteiger partial charge on any atom is 0.227 e. The third kappa shape index (κ3) is 4.99. The van der Waals surface area contributed by atoms with Crippen LogP contribution in [0.4, 0.5) is 5.69 Å². The average Bonchev–Trinajstić information content (AvgIpc) is 3.22. The van der Waals surface area contributed by atoms with Crippen LogP contribution in [0.25, 0.3) is 0 Å². The number of nitriles is 1. The molecule has 0 radical (unpaired) electrons. The minimum absolute atomic E-state index is 0.0395. The van der Waals surface area contributed by atoms with Gasteiger partial charge >= 0.3 is 0 Å². The molecule has 2 heterocycles. The van der Waals surface area contributed by atoms with Gasteiger partial charge in [-0.05, 0) is 56.0 Å². The molecule has 1 unspecified atom stereocenters. The van der Waals surface area contributed by atoms with Crippen LogP contribution in [0.2, 0.25) is 0 Å². The number of benzene rings is 1. The Morgan fingerprint density at radius 2 is 1.91 bits per heavy atom. The highest BCUT2D eigenvalue weighted by atomic mass is 16.5. The van der Waals surface area contributed by atoms with Crippen molar-refractivity contribution in [3.05, 3.63) is 48.2 Å². The van der Waals surface area contributed by atoms with Crippen molar-refractivity contribution in [2.75, 3.05) is 18.6 Å². The molecule has 2 amide bonds. The van der Waals surface area contributed by atoms with E-state index in [0.29, 0.717) is 18.0 Å². The van der Waals surface area contributed by atoms with E-state index in [-0.39, 0.29) is 36.3 Å². The van der Waals surface area contributed by atoms with E-state index < -0.39 is 0 Å². The largest absolute Gasteiger partial charge is 0.497 e. The van der Waals surface area contributed by atoms with Crippen molar-refractivity contribution in [3.63, 3.8) is 0 Å². The molecule has 1 aliphatic carbocycles. The third-order valence-electron chi connectivity index (χ3n) is 6.05. The Balaban J connectivity index is 1.25. The molecule has 1 aromatic heterocycles. The van der Waals surface area contributed by atoms with Crippen molar-refractivity contribution in [1.82, 2.24) is 10.3 Å². The summed E-state index contributed by atoms with van der Waals surface area (Å²) in [5, 5.41) is 12.0. The summed E-state index contributed by atoms with van der Waals surface area (Å²) in [6, 6.07) is 12.8. The standard InChI is InChI=1S/C24H26N4O4/c1-31-20-9-5-19(6-10-20)28-15-17(12-23(28)29)24(30)27-18-3-7-21(8-4-18)32-22-11-2-16(13-25)14-26-22/h2,5-6,9-11,14,17-18,21H,3-4,7-8,12,15H2,1H3,(H,27,30). The van der Waals surface area contributed by atoms with Gasteiger partial charge in [0.2, 0.25) is 17.7 Å². The molecule has 1 aromatic carbocycles. The topological polar surface area (TPSA) is 105 Å². The second kappa shape index (κ2) is 9.69. The highest BCUT2D eigenvalue weighted by Gasteiger charge is 2.36. The first-order valence-electron chi connectivity index (χ1n) is 10.8. The number of carbonyl (C=O) groups excluding carboxylic acids is 2. The Hall–Kier alpha value is -3.60. The third-order valence-corrected chi connectivity index (χ3v) is 6.05. The van der Waals surface area contributed by atoms with Crippen molar-refractivity contribution < 1.29 is 19.1 Å². The first kappa shape index (κ1) is 21.6. The first-order valence-corrected chi connectivity index (χ1v) is 10.8. The molecule has 0 spiro atoms. The fourth-order valence-electron chi connectivity index (χ4n) is 4.23. The van der Waals surface area contributed by atoms with Crippen molar-refractivity contribution in [2.45, 2.75) is 44.2 Å². The van der Waals surface area contributed by atoms with Gasteiger partial charge in [-0.25, -0.2) is 4.98 Å². The van der Waals surface area contributed by atoms with Crippen LogP contribution in [0.5, 0.6) is 11.6 Å². The number of ether oxygens (including phenoxy) is 2. The predicted molar refractivity (Wildman–Crippen MR) is 117 cm³/mol. The van der Waals surface area contributed by atoms with Gasteiger partial charge in [-0.2, -0.15) is 5.26 Å². The number of anilines is 1. The lowest BCUT2D eigenvalue weighted by Gasteiger charge is -2.29. The zero-order valence-corrected chi connectivity index (χ0v) is 18.0. The van der Waals surface area contributed by atoms with Crippen LogP contribution in [-0.4, -0.2) is 42.6 Å². The van der Waals surface area contributed by atoms with Gasteiger partial charge in [0.25, 0.3) is 0 Å². The lowest BCUT2D eigenvalue weighted by atomic mass is 9.92. The number of hydrogen-bond donors (Lipinski definition) is 1. The minimum Gasteiger partial charge on any atom is -0.497 e. The van der Waals surface area contributed by atoms with Gasteiger partial charge < -0.3 is 19.7 Å². The van der Waals surface area contributed by atoms with Gasteiger partial charge in [0, 0.05) is 37.0 Å². The van der Waals surface area contributed by atoms with Gasteiger partial charge in [0.1, 0.15) is 17.9 Å². The number of amides is 2. The van der Waals surface area contributed by atoms with Crippen LogP contribution >= 0.6 is 0 Å². The number of rotatable bonds is 6. The number of aromatic nitrogens is 1. The molecule has 1 aliphatic heterocycles. The number of pyridine rings is 1. The average molecular weight is 434 g/mol. The lowest BCUT2D eigenvalue weighted by molar-refractivity contribution is -0.127. The van der Waals surface area contributed by atoms with E-state index in [4.69, 9.17) is 14.7 Å². The molecule has 32 heavy (non-hydrogen) atoms. The van der Waals surface area contributed by atoms with Crippen LogP contribution in [0.3, 0.4) is 0 Å². The van der Waals surface area contributed by atoms with Gasteiger partial charge in [-0.15, -0.1) is 0 Å². The van der Waals surface area contributed by atoms with Crippen molar-refractivity contribution in [1.29, 1.82) is 5.26 Å². The van der Waals surface area contributed by atoms with E-state index in [0.717, 1.165) is 37.1 Å². The van der Waals surface area contributed by atoms with E-state index in [1.165, 1.54) is 6.20 Å². The van der Waals surface area contributed by atoms with Crippen molar-refractivity contribution in [2.24, 2.45) is 5.92 Å². The fourth-order valence-corrected chi connectivity index (χ4v) is 4.23. The smallest absolute Gasteiger partial charge is 0.227 e. The monoisotopic (exact) mass is 434 g/mol. The normalized spacial score (nSPS) is 22.8. The lowest BCUT2D eigenvalue weighted by Crippen LogP contribution is -2.43. The second-order valence-electron chi connectivity index (χ2n) is 8.20. The second-order valence-corrected chi connectivity index (χ2v) is 8.20. The summed E-state index contributed by atoms with van der Waals surface area (Å²) < 4.78 is 11.1. The Labute approximate surface area is 187 Å². The zero-order valence-electron chi connectivity index (χ0n) is 18.0. The quantitative estimate of drug-likeness (QED) is 0.750. The summed E-state index contributed by atoms with van der Waals surface area (Å²) in [7, 11) is 1.60. The summed E-state index contributed by atoms with van der Waals surface area (Å²) in [5.74, 6) is 0.792. The van der Waals surface area contributed by atoms with E-state index >= 15 is 0 Å². The molecule has 2 aromatic rings. The SMILES string of the molecule is COc1ccc(N2CC(C(=O)NC3CCC(Oc4ccc(C#N)cn4)CC3)CC2=O)cc1. The molecule has 0 bridgehead atoms. The Morgan fingerprint density at radius 1 is 1.16 bits per heavy atom. The number of nitrogens with one attached hydrogen (secondary N) is 1. The Kier molecular flexibility index (Phi) is 6.55. The van der Waals surface area contributed by atoms with Crippen LogP contribution < -0.4 is 19.7 Å². The van der Waals surface area contributed by atoms with Crippen LogP contribution in [0.15, 0.2) is 42.6 Å². The highest BCUT2D eigenvalue weighted by molar-refractivity contribution is 6.00. The summed E-state index contributed by atoms with van der Waals surface area (Å²) in [6.07, 6.45) is 5.02. The van der Waals surface area contributed by atoms with Gasteiger partial charge in [-0.1, -0.05) is 0 Å². The summed E-state index contributed by atoms with van der Waals surface area (Å²) in [6.45, 7) is 0.389. The molecule has 166 valence electrons. The van der Waals surface area contributed by atoms with Gasteiger partial charge in [0.15, 0.2) is 0 Å². The van der Waals surface area contributed by atoms with Crippen LogP contribution in [0, 0.1) is 17.2 Å². The van der Waals surface area contributed by atoms with Crippen molar-refractivity contribution in [3.8, 4) is 17.7 Å². The molecule has 2 aliphatic rings. The van der Waals surface area contributed by atoms with Crippen LogP contribution in [-0.2, 0) is 9.59 Å². The van der Waals surface area contributed by atoms with Crippen LogP contribution in [0.1, 0.15) is 37.7 Å². The molecule has 4 rings (SSSR count). The minimum atomic E-state index is -0.346. The summed E-state index contributed by atoms with van der Waals surface area (Å²) in [4.78, 5) is 31.1. The number of carbonyl (C=O) groups is 2. The van der Waals surface area contributed by atoms with E-state index in [1.54, 1.807) is 24.1 Å². The van der Waals surface area contributed by atoms with Crippen molar-refractivity contribution >= 4 is 17.5 Å². The number of hydrogen-bond acceptors (Lipinski definition) is 6. The maximum atomic E-state index is 12.8. The summed E-state index contributed by atoms with van der Waals surface area (Å²) in [5.41, 5.74) is 1.28. The number of methoxy groups -OCH3 is 1. The highest BCUT2D eigenvalue weighted by Crippen LogP contribution is 2.28. The van der Waals surface area contributed by atoms with Gasteiger partial charge in [0.05, 0.1) is 18.6 Å². The molecule has 1 atom stereocenters. The molecule has 2 fully saturated rings.